The van der Waals surface area contributed by atoms with Gasteiger partial charge in [-0.15, -0.1) is 12.4 Å². The summed E-state index contributed by atoms with van der Waals surface area (Å²) in [5, 5.41) is 2.68. The van der Waals surface area contributed by atoms with Gasteiger partial charge in [0.15, 0.2) is 0 Å². The Morgan fingerprint density at radius 1 is 1.56 bits per heavy atom. The van der Waals surface area contributed by atoms with Crippen molar-refractivity contribution in [2.24, 2.45) is 5.73 Å². The lowest BCUT2D eigenvalue weighted by Gasteiger charge is -2.11. The van der Waals surface area contributed by atoms with E-state index in [-0.39, 0.29) is 18.3 Å². The Kier molecular flexibility index (Phi) is 6.40. The second-order valence-electron chi connectivity index (χ2n) is 3.12. The highest BCUT2D eigenvalue weighted by Crippen LogP contribution is 2.27. The van der Waals surface area contributed by atoms with Crippen LogP contribution in [0.4, 0.5) is 5.69 Å². The number of rotatable bonds is 3. The lowest BCUT2D eigenvalue weighted by molar-refractivity contribution is -0.117. The summed E-state index contributed by atoms with van der Waals surface area (Å²) in [4.78, 5) is 11.4. The molecule has 1 rings (SSSR count). The molecule has 3 N–H and O–H groups in total. The van der Waals surface area contributed by atoms with E-state index in [9.17, 15) is 4.79 Å². The van der Waals surface area contributed by atoms with Crippen LogP contribution in [0.1, 0.15) is 6.92 Å². The third kappa shape index (κ3) is 4.00. The zero-order valence-corrected chi connectivity index (χ0v) is 11.4. The van der Waals surface area contributed by atoms with Gasteiger partial charge in [0, 0.05) is 4.47 Å². The molecule has 0 aliphatic heterocycles. The second-order valence-corrected chi connectivity index (χ2v) is 4.04. The Hall–Kier alpha value is -0.780. The van der Waals surface area contributed by atoms with E-state index in [4.69, 9.17) is 10.5 Å². The van der Waals surface area contributed by atoms with Gasteiger partial charge >= 0.3 is 0 Å². The Bertz CT molecular complexity index is 372. The highest BCUT2D eigenvalue weighted by atomic mass is 79.9. The summed E-state index contributed by atoms with van der Waals surface area (Å²) in [6.07, 6.45) is 0. The fourth-order valence-corrected chi connectivity index (χ4v) is 1.39. The molecule has 0 radical (unpaired) electrons. The quantitative estimate of drug-likeness (QED) is 0.899. The maximum absolute atomic E-state index is 11.4. The van der Waals surface area contributed by atoms with Gasteiger partial charge in [0.1, 0.15) is 5.75 Å². The van der Waals surface area contributed by atoms with Gasteiger partial charge in [-0.05, 0) is 25.1 Å². The summed E-state index contributed by atoms with van der Waals surface area (Å²) in [6.45, 7) is 1.62. The third-order valence-electron chi connectivity index (χ3n) is 1.83. The number of nitrogens with one attached hydrogen (secondary N) is 1. The summed E-state index contributed by atoms with van der Waals surface area (Å²) in [5.74, 6) is 0.360. The van der Waals surface area contributed by atoms with Gasteiger partial charge in [0.05, 0.1) is 18.8 Å². The van der Waals surface area contributed by atoms with Crippen LogP contribution in [0.5, 0.6) is 5.75 Å². The van der Waals surface area contributed by atoms with Crippen molar-refractivity contribution in [3.63, 3.8) is 0 Å². The molecule has 1 atom stereocenters. The smallest absolute Gasteiger partial charge is 0.241 e. The molecule has 1 amide bonds. The first-order valence-corrected chi connectivity index (χ1v) is 5.24. The minimum Gasteiger partial charge on any atom is -0.495 e. The van der Waals surface area contributed by atoms with Crippen LogP contribution in [0.3, 0.4) is 0 Å². The number of hydrogen-bond donors (Lipinski definition) is 2. The van der Waals surface area contributed by atoms with Gasteiger partial charge in [0.25, 0.3) is 0 Å². The van der Waals surface area contributed by atoms with E-state index in [1.165, 1.54) is 0 Å². The molecule has 0 aliphatic rings. The van der Waals surface area contributed by atoms with Crippen LogP contribution in [0.15, 0.2) is 22.7 Å². The predicted molar refractivity (Wildman–Crippen MR) is 70.2 cm³/mol. The normalized spacial score (nSPS) is 11.2. The molecule has 0 bridgehead atoms. The fraction of sp³-hybridized carbons (Fsp3) is 0.300. The van der Waals surface area contributed by atoms with Gasteiger partial charge in [-0.2, -0.15) is 0 Å². The molecule has 0 unspecified atom stereocenters. The molecule has 4 nitrogen and oxygen atoms in total. The third-order valence-corrected chi connectivity index (χ3v) is 2.33. The Morgan fingerprint density at radius 3 is 2.69 bits per heavy atom. The molecule has 6 heteroatoms. The number of nitrogens with two attached hydrogens (primary N) is 1. The van der Waals surface area contributed by atoms with Crippen LogP contribution < -0.4 is 15.8 Å². The van der Waals surface area contributed by atoms with Crippen molar-refractivity contribution in [3.05, 3.63) is 22.7 Å². The van der Waals surface area contributed by atoms with Crippen molar-refractivity contribution in [3.8, 4) is 5.75 Å². The minimum atomic E-state index is -0.548. The number of halogens is 2. The lowest BCUT2D eigenvalue weighted by atomic mass is 10.2. The van der Waals surface area contributed by atoms with Crippen LogP contribution in [0, 0.1) is 0 Å². The number of carbonyl (C=O) groups is 1. The summed E-state index contributed by atoms with van der Waals surface area (Å²) in [6, 6.07) is 4.81. The average Bonchev–Trinajstić information content (AvgIpc) is 2.18. The van der Waals surface area contributed by atoms with E-state index in [2.05, 4.69) is 21.2 Å². The number of benzene rings is 1. The number of anilines is 1. The number of hydrogen-bond acceptors (Lipinski definition) is 3. The first kappa shape index (κ1) is 15.2. The molecule has 0 aromatic heterocycles. The Morgan fingerprint density at radius 2 is 2.19 bits per heavy atom. The van der Waals surface area contributed by atoms with E-state index in [1.807, 2.05) is 6.07 Å². The molecular weight excluding hydrogens is 295 g/mol. The molecule has 1 aromatic rings. The fourth-order valence-electron chi connectivity index (χ4n) is 1.02. The monoisotopic (exact) mass is 308 g/mol. The molecule has 0 heterocycles. The number of amides is 1. The van der Waals surface area contributed by atoms with Crippen LogP contribution in [-0.2, 0) is 4.79 Å². The van der Waals surface area contributed by atoms with Crippen LogP contribution in [0.2, 0.25) is 0 Å². The Labute approximate surface area is 109 Å². The second kappa shape index (κ2) is 6.73. The average molecular weight is 310 g/mol. The van der Waals surface area contributed by atoms with Gasteiger partial charge in [-0.1, -0.05) is 15.9 Å². The van der Waals surface area contributed by atoms with Gasteiger partial charge in [-0.25, -0.2) is 0 Å². The van der Waals surface area contributed by atoms with Crippen LogP contribution in [-0.4, -0.2) is 19.1 Å². The van der Waals surface area contributed by atoms with Crippen molar-refractivity contribution in [2.45, 2.75) is 13.0 Å². The number of carbonyl (C=O) groups excluding carboxylic acids is 1. The predicted octanol–water partition coefficient (Wildman–Crippen LogP) is 2.17. The van der Waals surface area contributed by atoms with Crippen molar-refractivity contribution in [1.29, 1.82) is 0 Å². The van der Waals surface area contributed by atoms with Gasteiger partial charge in [-0.3, -0.25) is 4.79 Å². The number of methoxy groups -OCH3 is 1. The highest BCUT2D eigenvalue weighted by molar-refractivity contribution is 9.10. The summed E-state index contributed by atoms with van der Waals surface area (Å²) >= 11 is 3.31. The molecule has 0 aliphatic carbocycles. The van der Waals surface area contributed by atoms with E-state index >= 15 is 0 Å². The highest BCUT2D eigenvalue weighted by Gasteiger charge is 2.11. The lowest BCUT2D eigenvalue weighted by Crippen LogP contribution is -2.32. The SMILES string of the molecule is COc1ccc(Br)cc1NC(=O)[C@H](C)N.Cl. The van der Waals surface area contributed by atoms with E-state index in [0.717, 1.165) is 4.47 Å². The first-order valence-electron chi connectivity index (χ1n) is 4.44. The zero-order valence-electron chi connectivity index (χ0n) is 8.99. The molecule has 1 aromatic carbocycles. The molecule has 16 heavy (non-hydrogen) atoms. The first-order chi connectivity index (χ1) is 7.04. The Balaban J connectivity index is 0.00000225. The van der Waals surface area contributed by atoms with E-state index in [0.29, 0.717) is 11.4 Å². The van der Waals surface area contributed by atoms with Crippen molar-refractivity contribution >= 4 is 39.9 Å². The largest absolute Gasteiger partial charge is 0.495 e. The molecule has 0 saturated heterocycles. The number of ether oxygens (including phenoxy) is 1. The summed E-state index contributed by atoms with van der Waals surface area (Å²) in [7, 11) is 1.55. The van der Waals surface area contributed by atoms with Gasteiger partial charge < -0.3 is 15.8 Å². The van der Waals surface area contributed by atoms with Crippen molar-refractivity contribution < 1.29 is 9.53 Å². The molecule has 90 valence electrons. The molecule has 0 spiro atoms. The van der Waals surface area contributed by atoms with E-state index < -0.39 is 6.04 Å². The van der Waals surface area contributed by atoms with Crippen LogP contribution in [0.25, 0.3) is 0 Å². The van der Waals surface area contributed by atoms with Gasteiger partial charge in [0.2, 0.25) is 5.91 Å². The maximum atomic E-state index is 11.4. The summed E-state index contributed by atoms with van der Waals surface area (Å²) in [5.41, 5.74) is 6.05. The summed E-state index contributed by atoms with van der Waals surface area (Å²) < 4.78 is 5.97. The maximum Gasteiger partial charge on any atom is 0.241 e. The van der Waals surface area contributed by atoms with Crippen molar-refractivity contribution in [2.75, 3.05) is 12.4 Å². The zero-order chi connectivity index (χ0) is 11.4. The molecular formula is C10H14BrClN2O2. The van der Waals surface area contributed by atoms with Crippen molar-refractivity contribution in [1.82, 2.24) is 0 Å². The molecule has 0 fully saturated rings. The van der Waals surface area contributed by atoms with Crippen LogP contribution >= 0.6 is 28.3 Å². The standard InChI is InChI=1S/C10H13BrN2O2.ClH/c1-6(12)10(14)13-8-5-7(11)3-4-9(8)15-2;/h3-6H,12H2,1-2H3,(H,13,14);1H/t6-;/m0./s1. The minimum absolute atomic E-state index is 0. The van der Waals surface area contributed by atoms with E-state index in [1.54, 1.807) is 26.2 Å². The topological polar surface area (TPSA) is 64.3 Å². The molecule has 0 saturated carbocycles.